The molecule has 0 bridgehead atoms. The number of aromatic amines is 1. The number of nitrogens with zero attached hydrogens (tertiary/aromatic N) is 4. The lowest BCUT2D eigenvalue weighted by molar-refractivity contribution is -0.192. The number of halogens is 3. The number of nitrogens with one attached hydrogen (secondary N) is 1. The van der Waals surface area contributed by atoms with Crippen LogP contribution in [-0.4, -0.2) is 72.7 Å². The number of hydrogen-bond donors (Lipinski definition) is 2. The van der Waals surface area contributed by atoms with Gasteiger partial charge in [-0.05, 0) is 31.0 Å². The number of carbonyl (C=O) groups excluding carboxylic acids is 2. The first-order valence-corrected chi connectivity index (χ1v) is 9.39. The summed E-state index contributed by atoms with van der Waals surface area (Å²) in [5.74, 6) is -2.75. The molecule has 2 N–H and O–H groups in total. The van der Waals surface area contributed by atoms with E-state index in [1.165, 1.54) is 0 Å². The van der Waals surface area contributed by atoms with Crippen LogP contribution >= 0.6 is 0 Å². The van der Waals surface area contributed by atoms with Crippen LogP contribution in [0.4, 0.5) is 13.2 Å². The van der Waals surface area contributed by atoms with Gasteiger partial charge >= 0.3 is 12.1 Å². The number of H-pyrrole nitrogens is 1. The largest absolute Gasteiger partial charge is 0.490 e. The predicted molar refractivity (Wildman–Crippen MR) is 99.6 cm³/mol. The molecular weight excluding hydrogens is 419 g/mol. The van der Waals surface area contributed by atoms with E-state index in [0.717, 1.165) is 17.7 Å². The molecule has 2 aromatic rings. The van der Waals surface area contributed by atoms with Crippen molar-refractivity contribution >= 4 is 17.8 Å². The Kier molecular flexibility index (Phi) is 6.27. The molecule has 0 aromatic carbocycles. The molecule has 166 valence electrons. The summed E-state index contributed by atoms with van der Waals surface area (Å²) in [6, 6.07) is 5.62. The van der Waals surface area contributed by atoms with E-state index in [-0.39, 0.29) is 23.9 Å². The third-order valence-electron chi connectivity index (χ3n) is 5.12. The van der Waals surface area contributed by atoms with Crippen LogP contribution in [0.5, 0.6) is 0 Å². The Morgan fingerprint density at radius 2 is 2.03 bits per heavy atom. The minimum atomic E-state index is -5.08. The highest BCUT2D eigenvalue weighted by Crippen LogP contribution is 2.34. The normalized spacial score (nSPS) is 20.3. The number of alkyl halides is 3. The molecule has 31 heavy (non-hydrogen) atoms. The molecule has 0 radical (unpaired) electrons. The summed E-state index contributed by atoms with van der Waals surface area (Å²) in [6.45, 7) is 3.08. The molecule has 2 atom stereocenters. The number of carboxylic acid groups (broad SMARTS) is 1. The molecule has 2 fully saturated rings. The summed E-state index contributed by atoms with van der Waals surface area (Å²) in [5, 5.41) is 14.0. The van der Waals surface area contributed by atoms with E-state index in [0.29, 0.717) is 25.2 Å². The maximum Gasteiger partial charge on any atom is 0.490 e. The van der Waals surface area contributed by atoms with Gasteiger partial charge in [-0.3, -0.25) is 19.7 Å². The van der Waals surface area contributed by atoms with Crippen molar-refractivity contribution < 1.29 is 32.7 Å². The third kappa shape index (κ3) is 5.01. The molecule has 2 saturated heterocycles. The lowest BCUT2D eigenvalue weighted by Gasteiger charge is -2.25. The number of aryl methyl sites for hydroxylation is 1. The molecule has 2 aromatic heterocycles. The monoisotopic (exact) mass is 439 g/mol. The van der Waals surface area contributed by atoms with Crippen LogP contribution in [0.15, 0.2) is 30.6 Å². The fraction of sp³-hybridized carbons (Fsp3) is 0.421. The number of pyridine rings is 1. The lowest BCUT2D eigenvalue weighted by Crippen LogP contribution is -2.39. The minimum Gasteiger partial charge on any atom is -0.475 e. The van der Waals surface area contributed by atoms with E-state index in [2.05, 4.69) is 15.2 Å². The maximum absolute atomic E-state index is 12.7. The number of carboxylic acids is 1. The van der Waals surface area contributed by atoms with Gasteiger partial charge in [0.2, 0.25) is 5.91 Å². The fourth-order valence-corrected chi connectivity index (χ4v) is 3.75. The first-order chi connectivity index (χ1) is 14.6. The van der Waals surface area contributed by atoms with Crippen molar-refractivity contribution in [3.63, 3.8) is 0 Å². The highest BCUT2D eigenvalue weighted by molar-refractivity contribution is 5.94. The van der Waals surface area contributed by atoms with Gasteiger partial charge in [0.1, 0.15) is 5.69 Å². The van der Waals surface area contributed by atoms with Crippen molar-refractivity contribution in [1.82, 2.24) is 25.0 Å². The molecule has 4 heterocycles. The van der Waals surface area contributed by atoms with E-state index in [9.17, 15) is 22.8 Å². The first kappa shape index (κ1) is 22.2. The fourth-order valence-electron chi connectivity index (χ4n) is 3.75. The van der Waals surface area contributed by atoms with Crippen LogP contribution in [0.25, 0.3) is 0 Å². The second-order valence-corrected chi connectivity index (χ2v) is 7.25. The zero-order valence-electron chi connectivity index (χ0n) is 16.5. The number of hydrogen-bond acceptors (Lipinski definition) is 5. The molecule has 9 nitrogen and oxygen atoms in total. The standard InChI is InChI=1S/C17H19N5O2.C2HF3O2/c1-11-7-13(20-19-11)17(24)21-6-4-14-15(21)8-16(23)22(14)10-12-3-2-5-18-9-12;3-2(4,5)1(6)7/h2-3,5,7,9,14-15H,4,6,8,10H2,1H3,(H,19,20);(H,6,7). The Bertz CT molecular complexity index is 963. The van der Waals surface area contributed by atoms with E-state index in [1.807, 2.05) is 24.0 Å². The topological polar surface area (TPSA) is 119 Å². The number of rotatable bonds is 3. The molecule has 0 aliphatic carbocycles. The van der Waals surface area contributed by atoms with Crippen molar-refractivity contribution in [1.29, 1.82) is 0 Å². The Morgan fingerprint density at radius 3 is 2.58 bits per heavy atom. The molecule has 0 saturated carbocycles. The van der Waals surface area contributed by atoms with Gasteiger partial charge in [-0.1, -0.05) is 6.07 Å². The number of fused-ring (bicyclic) bond motifs is 1. The number of amides is 2. The lowest BCUT2D eigenvalue weighted by atomic mass is 10.1. The Balaban J connectivity index is 0.000000339. The van der Waals surface area contributed by atoms with E-state index in [1.54, 1.807) is 23.4 Å². The molecule has 2 aliphatic heterocycles. The van der Waals surface area contributed by atoms with Gasteiger partial charge in [0.15, 0.2) is 0 Å². The van der Waals surface area contributed by atoms with Gasteiger partial charge in [-0.25, -0.2) is 4.79 Å². The van der Waals surface area contributed by atoms with E-state index in [4.69, 9.17) is 9.90 Å². The van der Waals surface area contributed by atoms with Crippen molar-refractivity contribution in [2.45, 2.75) is 44.6 Å². The Hall–Kier alpha value is -3.44. The average Bonchev–Trinajstić information content (AvgIpc) is 3.39. The summed E-state index contributed by atoms with van der Waals surface area (Å²) < 4.78 is 31.7. The van der Waals surface area contributed by atoms with Gasteiger partial charge in [-0.2, -0.15) is 18.3 Å². The zero-order valence-corrected chi connectivity index (χ0v) is 16.5. The number of likely N-dealkylation sites (tertiary alicyclic amines) is 2. The van der Waals surface area contributed by atoms with Gasteiger partial charge < -0.3 is 14.9 Å². The molecule has 2 amide bonds. The SMILES string of the molecule is Cc1cc(C(=O)N2CCC3C2CC(=O)N3Cc2cccnc2)n[nH]1.O=C(O)C(F)(F)F. The number of aromatic nitrogens is 3. The second-order valence-electron chi connectivity index (χ2n) is 7.25. The van der Waals surface area contributed by atoms with Crippen molar-refractivity contribution in [2.24, 2.45) is 0 Å². The van der Waals surface area contributed by atoms with Gasteiger partial charge in [0.25, 0.3) is 5.91 Å². The summed E-state index contributed by atoms with van der Waals surface area (Å²) in [4.78, 5) is 41.8. The maximum atomic E-state index is 12.7. The molecule has 0 spiro atoms. The van der Waals surface area contributed by atoms with Crippen LogP contribution in [0.1, 0.15) is 34.6 Å². The molecule has 12 heteroatoms. The van der Waals surface area contributed by atoms with Crippen LogP contribution in [0.2, 0.25) is 0 Å². The molecule has 2 aliphatic rings. The van der Waals surface area contributed by atoms with Crippen LogP contribution in [0.3, 0.4) is 0 Å². The van der Waals surface area contributed by atoms with Crippen molar-refractivity contribution in [3.05, 3.63) is 47.5 Å². The van der Waals surface area contributed by atoms with E-state index >= 15 is 0 Å². The summed E-state index contributed by atoms with van der Waals surface area (Å²) in [5.41, 5.74) is 2.29. The van der Waals surface area contributed by atoms with Crippen molar-refractivity contribution in [2.75, 3.05) is 6.54 Å². The van der Waals surface area contributed by atoms with Crippen molar-refractivity contribution in [3.8, 4) is 0 Å². The van der Waals surface area contributed by atoms with Crippen LogP contribution < -0.4 is 0 Å². The number of carbonyl (C=O) groups is 3. The summed E-state index contributed by atoms with van der Waals surface area (Å²) in [6.07, 6.45) is -0.378. The van der Waals surface area contributed by atoms with Gasteiger partial charge in [-0.15, -0.1) is 0 Å². The van der Waals surface area contributed by atoms with Crippen LogP contribution in [0, 0.1) is 6.92 Å². The predicted octanol–water partition coefficient (Wildman–Crippen LogP) is 1.76. The third-order valence-corrected chi connectivity index (χ3v) is 5.12. The Morgan fingerprint density at radius 1 is 1.32 bits per heavy atom. The highest BCUT2D eigenvalue weighted by atomic mass is 19.4. The van der Waals surface area contributed by atoms with E-state index < -0.39 is 12.1 Å². The average molecular weight is 439 g/mol. The van der Waals surface area contributed by atoms with Gasteiger partial charge in [0, 0.05) is 37.6 Å². The van der Waals surface area contributed by atoms with Gasteiger partial charge in [0.05, 0.1) is 12.1 Å². The smallest absolute Gasteiger partial charge is 0.475 e. The molecule has 2 unspecified atom stereocenters. The van der Waals surface area contributed by atoms with Crippen LogP contribution in [-0.2, 0) is 16.1 Å². The quantitative estimate of drug-likeness (QED) is 0.752. The second kappa shape index (κ2) is 8.74. The number of aliphatic carboxylic acids is 1. The summed E-state index contributed by atoms with van der Waals surface area (Å²) >= 11 is 0. The zero-order chi connectivity index (χ0) is 22.8. The summed E-state index contributed by atoms with van der Waals surface area (Å²) in [7, 11) is 0. The first-order valence-electron chi connectivity index (χ1n) is 9.39. The highest BCUT2D eigenvalue weighted by Gasteiger charge is 2.48. The molecule has 4 rings (SSSR count). The Labute approximate surface area is 174 Å². The molecular formula is C19H20F3N5O4. The minimum absolute atomic E-state index is 0.0568.